The van der Waals surface area contributed by atoms with E-state index in [1.165, 1.54) is 6.33 Å². The van der Waals surface area contributed by atoms with Crippen molar-refractivity contribution in [1.29, 1.82) is 0 Å². The third-order valence-electron chi connectivity index (χ3n) is 2.90. The predicted molar refractivity (Wildman–Crippen MR) is 70.7 cm³/mol. The quantitative estimate of drug-likeness (QED) is 0.757. The van der Waals surface area contributed by atoms with E-state index in [1.54, 1.807) is 6.20 Å². The number of halogens is 1. The number of aryl methyl sites for hydroxylation is 1. The van der Waals surface area contributed by atoms with Crippen LogP contribution in [0.2, 0.25) is 0 Å². The standard InChI is InChI=1S/C13H12FN5/c1-2-10-12(14)13(16-7-15-10)18-9-3-4-11-8(5-9)6-17-19-11/h3-7H,2H2,1H3,(H,17,19)(H,15,16,18). The number of nitrogens with zero attached hydrogens (tertiary/aromatic N) is 3. The van der Waals surface area contributed by atoms with Gasteiger partial charge in [-0.05, 0) is 24.6 Å². The van der Waals surface area contributed by atoms with E-state index < -0.39 is 5.82 Å². The van der Waals surface area contributed by atoms with Crippen molar-refractivity contribution >= 4 is 22.4 Å². The highest BCUT2D eigenvalue weighted by Crippen LogP contribution is 2.22. The molecule has 2 N–H and O–H groups in total. The molecule has 6 heteroatoms. The molecular weight excluding hydrogens is 245 g/mol. The number of fused-ring (bicyclic) bond motifs is 1. The van der Waals surface area contributed by atoms with Crippen LogP contribution < -0.4 is 5.32 Å². The van der Waals surface area contributed by atoms with Gasteiger partial charge in [-0.15, -0.1) is 0 Å². The molecule has 0 saturated carbocycles. The summed E-state index contributed by atoms with van der Waals surface area (Å²) in [5.74, 6) is -0.216. The summed E-state index contributed by atoms with van der Waals surface area (Å²) in [7, 11) is 0. The monoisotopic (exact) mass is 257 g/mol. The normalized spacial score (nSPS) is 10.8. The first kappa shape index (κ1) is 11.6. The topological polar surface area (TPSA) is 66.5 Å². The maximum absolute atomic E-state index is 14.0. The molecule has 0 amide bonds. The van der Waals surface area contributed by atoms with Crippen LogP contribution in [0.4, 0.5) is 15.9 Å². The third kappa shape index (κ3) is 2.12. The summed E-state index contributed by atoms with van der Waals surface area (Å²) in [5, 5.41) is 10.7. The van der Waals surface area contributed by atoms with Gasteiger partial charge in [0, 0.05) is 11.1 Å². The molecule has 0 radical (unpaired) electrons. The number of anilines is 2. The van der Waals surface area contributed by atoms with Gasteiger partial charge in [-0.2, -0.15) is 5.10 Å². The predicted octanol–water partition coefficient (Wildman–Crippen LogP) is 2.80. The number of benzene rings is 1. The summed E-state index contributed by atoms with van der Waals surface area (Å²) in [5.41, 5.74) is 2.10. The van der Waals surface area contributed by atoms with E-state index in [-0.39, 0.29) is 5.82 Å². The van der Waals surface area contributed by atoms with Gasteiger partial charge in [-0.1, -0.05) is 6.92 Å². The molecule has 2 heterocycles. The fourth-order valence-corrected chi connectivity index (χ4v) is 1.90. The molecule has 0 fully saturated rings. The molecule has 5 nitrogen and oxygen atoms in total. The van der Waals surface area contributed by atoms with E-state index in [1.807, 2.05) is 25.1 Å². The molecule has 0 bridgehead atoms. The van der Waals surface area contributed by atoms with Crippen LogP contribution in [0.25, 0.3) is 10.9 Å². The number of hydrogen-bond donors (Lipinski definition) is 2. The van der Waals surface area contributed by atoms with Crippen LogP contribution in [0.3, 0.4) is 0 Å². The largest absolute Gasteiger partial charge is 0.338 e. The lowest BCUT2D eigenvalue weighted by Gasteiger charge is -2.08. The molecular formula is C13H12FN5. The van der Waals surface area contributed by atoms with Crippen LogP contribution in [0.5, 0.6) is 0 Å². The lowest BCUT2D eigenvalue weighted by Crippen LogP contribution is -2.02. The van der Waals surface area contributed by atoms with Crippen molar-refractivity contribution in [1.82, 2.24) is 20.2 Å². The number of hydrogen-bond acceptors (Lipinski definition) is 4. The fourth-order valence-electron chi connectivity index (χ4n) is 1.90. The van der Waals surface area contributed by atoms with Crippen LogP contribution in [0.1, 0.15) is 12.6 Å². The molecule has 0 spiro atoms. The Balaban J connectivity index is 1.96. The summed E-state index contributed by atoms with van der Waals surface area (Å²) in [6, 6.07) is 5.60. The number of nitrogens with one attached hydrogen (secondary N) is 2. The van der Waals surface area contributed by atoms with Gasteiger partial charge in [0.15, 0.2) is 11.6 Å². The average Bonchev–Trinajstić information content (AvgIpc) is 2.88. The van der Waals surface area contributed by atoms with E-state index in [2.05, 4.69) is 25.5 Å². The lowest BCUT2D eigenvalue weighted by atomic mass is 10.2. The van der Waals surface area contributed by atoms with Gasteiger partial charge in [0.2, 0.25) is 0 Å². The van der Waals surface area contributed by atoms with Crippen molar-refractivity contribution in [2.24, 2.45) is 0 Å². The molecule has 0 aliphatic heterocycles. The first-order valence-electron chi connectivity index (χ1n) is 5.97. The van der Waals surface area contributed by atoms with Crippen molar-refractivity contribution in [3.8, 4) is 0 Å². The summed E-state index contributed by atoms with van der Waals surface area (Å²) >= 11 is 0. The molecule has 0 aliphatic carbocycles. The van der Waals surface area contributed by atoms with Crippen molar-refractivity contribution < 1.29 is 4.39 Å². The van der Waals surface area contributed by atoms with E-state index in [0.717, 1.165) is 16.6 Å². The van der Waals surface area contributed by atoms with E-state index >= 15 is 0 Å². The molecule has 0 saturated heterocycles. The molecule has 0 atom stereocenters. The minimum Gasteiger partial charge on any atom is -0.338 e. The second-order valence-electron chi connectivity index (χ2n) is 4.13. The minimum atomic E-state index is -0.405. The molecule has 1 aromatic carbocycles. The van der Waals surface area contributed by atoms with Crippen LogP contribution in [0.15, 0.2) is 30.7 Å². The Morgan fingerprint density at radius 1 is 1.32 bits per heavy atom. The van der Waals surface area contributed by atoms with Gasteiger partial charge in [-0.25, -0.2) is 14.4 Å². The highest BCUT2D eigenvalue weighted by molar-refractivity contribution is 5.82. The number of rotatable bonds is 3. The van der Waals surface area contributed by atoms with Crippen molar-refractivity contribution in [3.05, 3.63) is 42.2 Å². The molecule has 3 aromatic rings. The van der Waals surface area contributed by atoms with Crippen LogP contribution >= 0.6 is 0 Å². The average molecular weight is 257 g/mol. The zero-order valence-electron chi connectivity index (χ0n) is 10.3. The first-order chi connectivity index (χ1) is 9.28. The molecule has 96 valence electrons. The Hall–Kier alpha value is -2.50. The Morgan fingerprint density at radius 2 is 2.21 bits per heavy atom. The van der Waals surface area contributed by atoms with Crippen molar-refractivity contribution in [3.63, 3.8) is 0 Å². The SMILES string of the molecule is CCc1ncnc(Nc2ccc3[nH]ncc3c2)c1F. The van der Waals surface area contributed by atoms with Gasteiger partial charge in [-0.3, -0.25) is 5.10 Å². The number of H-pyrrole nitrogens is 1. The molecule has 0 unspecified atom stereocenters. The Bertz CT molecular complexity index is 722. The second kappa shape index (κ2) is 4.64. The second-order valence-corrected chi connectivity index (χ2v) is 4.13. The highest BCUT2D eigenvalue weighted by Gasteiger charge is 2.10. The van der Waals surface area contributed by atoms with Crippen molar-refractivity contribution in [2.75, 3.05) is 5.32 Å². The molecule has 3 rings (SSSR count). The smallest absolute Gasteiger partial charge is 0.187 e. The van der Waals surface area contributed by atoms with Crippen LogP contribution in [0, 0.1) is 5.82 Å². The summed E-state index contributed by atoms with van der Waals surface area (Å²) in [6.07, 6.45) is 3.61. The minimum absolute atomic E-state index is 0.190. The Kier molecular flexibility index (Phi) is 2.83. The fraction of sp³-hybridized carbons (Fsp3) is 0.154. The molecule has 2 aromatic heterocycles. The lowest BCUT2D eigenvalue weighted by molar-refractivity contribution is 0.599. The zero-order valence-corrected chi connectivity index (χ0v) is 10.3. The van der Waals surface area contributed by atoms with Crippen molar-refractivity contribution in [2.45, 2.75) is 13.3 Å². The summed E-state index contributed by atoms with van der Waals surface area (Å²) in [6.45, 7) is 1.85. The number of aromatic nitrogens is 4. The van der Waals surface area contributed by atoms with E-state index in [0.29, 0.717) is 12.1 Å². The van der Waals surface area contributed by atoms with E-state index in [4.69, 9.17) is 0 Å². The Labute approximate surface area is 108 Å². The van der Waals surface area contributed by atoms with Gasteiger partial charge >= 0.3 is 0 Å². The third-order valence-corrected chi connectivity index (χ3v) is 2.90. The van der Waals surface area contributed by atoms with E-state index in [9.17, 15) is 4.39 Å². The zero-order chi connectivity index (χ0) is 13.2. The molecule has 19 heavy (non-hydrogen) atoms. The van der Waals surface area contributed by atoms with Crippen LogP contribution in [-0.4, -0.2) is 20.2 Å². The first-order valence-corrected chi connectivity index (χ1v) is 5.97. The summed E-state index contributed by atoms with van der Waals surface area (Å²) < 4.78 is 14.0. The molecule has 0 aliphatic rings. The van der Waals surface area contributed by atoms with Gasteiger partial charge in [0.05, 0.1) is 17.4 Å². The Morgan fingerprint density at radius 3 is 3.05 bits per heavy atom. The van der Waals surface area contributed by atoms with Gasteiger partial charge < -0.3 is 5.32 Å². The van der Waals surface area contributed by atoms with Gasteiger partial charge in [0.25, 0.3) is 0 Å². The number of aromatic amines is 1. The van der Waals surface area contributed by atoms with Crippen LogP contribution in [-0.2, 0) is 6.42 Å². The maximum Gasteiger partial charge on any atom is 0.187 e. The van der Waals surface area contributed by atoms with Gasteiger partial charge in [0.1, 0.15) is 6.33 Å². The highest BCUT2D eigenvalue weighted by atomic mass is 19.1. The maximum atomic E-state index is 14.0. The summed E-state index contributed by atoms with van der Waals surface area (Å²) in [4.78, 5) is 7.83.